The molecule has 0 aliphatic carbocycles. The van der Waals surface area contributed by atoms with E-state index in [1.54, 1.807) is 0 Å². The lowest BCUT2D eigenvalue weighted by Crippen LogP contribution is -2.31. The van der Waals surface area contributed by atoms with Crippen molar-refractivity contribution in [3.8, 4) is 0 Å². The summed E-state index contributed by atoms with van der Waals surface area (Å²) in [6.07, 6.45) is 0. The number of benzene rings is 17. The number of hydrogen-bond donors (Lipinski definition) is 0. The molecule has 0 atom stereocenters. The smallest absolute Gasteiger partial charge is 0.0701 e. The SMILES string of the molecule is c1ccc(N(c2ccc(N(c3ccccc3)c3ccc(N(c4ccccc4)c4ccc(C(c5ccccc5)(c5ccccc5)c5ccccc5)cc4)cc3)cc2)c2ccc(N(c3ccccc3)c3ccc(N(c4ccccc4)c4ccc(C(c5ccccc5)(c5ccccc5)c5ccccc5)cc4)cc3)cc2)cc1. The molecular weight excluding hydrogens is 1320 g/mol. The van der Waals surface area contributed by atoms with Gasteiger partial charge in [-0.2, -0.15) is 0 Å². The van der Waals surface area contributed by atoms with E-state index < -0.39 is 10.8 Å². The van der Waals surface area contributed by atoms with Crippen LogP contribution in [0.3, 0.4) is 0 Å². The minimum atomic E-state index is -0.563. The lowest BCUT2D eigenvalue weighted by molar-refractivity contribution is 0.745. The minimum absolute atomic E-state index is 0.563. The summed E-state index contributed by atoms with van der Waals surface area (Å²) in [7, 11) is 0. The highest BCUT2D eigenvalue weighted by atomic mass is 15.2. The van der Waals surface area contributed by atoms with Gasteiger partial charge in [0.1, 0.15) is 0 Å². The monoisotopic (exact) mass is 1400 g/mol. The molecule has 109 heavy (non-hydrogen) atoms. The Balaban J connectivity index is 0.675. The first-order valence-electron chi connectivity index (χ1n) is 37.3. The predicted molar refractivity (Wildman–Crippen MR) is 456 cm³/mol. The van der Waals surface area contributed by atoms with Gasteiger partial charge in [-0.15, -0.1) is 0 Å². The third kappa shape index (κ3) is 13.5. The lowest BCUT2D eigenvalue weighted by Gasteiger charge is -2.37. The molecule has 0 unspecified atom stereocenters. The third-order valence-electron chi connectivity index (χ3n) is 20.9. The second-order valence-corrected chi connectivity index (χ2v) is 27.2. The Kier molecular flexibility index (Phi) is 19.4. The van der Waals surface area contributed by atoms with Gasteiger partial charge in [0.05, 0.1) is 10.8 Å². The molecule has 0 aliphatic heterocycles. The third-order valence-corrected chi connectivity index (χ3v) is 20.9. The normalized spacial score (nSPS) is 11.3. The van der Waals surface area contributed by atoms with Crippen LogP contribution >= 0.6 is 0 Å². The van der Waals surface area contributed by atoms with E-state index in [1.807, 2.05) is 0 Å². The minimum Gasteiger partial charge on any atom is -0.311 e. The largest absolute Gasteiger partial charge is 0.311 e. The van der Waals surface area contributed by atoms with Crippen LogP contribution in [0.1, 0.15) is 44.5 Å². The molecule has 0 heterocycles. The highest BCUT2D eigenvalue weighted by Gasteiger charge is 2.40. The highest BCUT2D eigenvalue weighted by Crippen LogP contribution is 2.50. The van der Waals surface area contributed by atoms with E-state index in [0.29, 0.717) is 0 Å². The predicted octanol–water partition coefficient (Wildman–Crippen LogP) is 27.8. The van der Waals surface area contributed by atoms with E-state index in [4.69, 9.17) is 0 Å². The van der Waals surface area contributed by atoms with Gasteiger partial charge in [0, 0.05) is 85.3 Å². The first-order valence-corrected chi connectivity index (χ1v) is 37.3. The van der Waals surface area contributed by atoms with Gasteiger partial charge in [0.15, 0.2) is 0 Å². The molecule has 17 rings (SSSR count). The maximum Gasteiger partial charge on any atom is 0.0701 e. The summed E-state index contributed by atoms with van der Waals surface area (Å²) in [6, 6.07) is 173. The summed E-state index contributed by atoms with van der Waals surface area (Å²) >= 11 is 0. The van der Waals surface area contributed by atoms with Crippen molar-refractivity contribution in [2.24, 2.45) is 0 Å². The first kappa shape index (κ1) is 67.9. The van der Waals surface area contributed by atoms with E-state index in [1.165, 1.54) is 44.5 Å². The van der Waals surface area contributed by atoms with Crippen molar-refractivity contribution in [3.05, 3.63) is 524 Å². The van der Waals surface area contributed by atoms with Crippen LogP contribution in [0.5, 0.6) is 0 Å². The van der Waals surface area contributed by atoms with Crippen molar-refractivity contribution >= 4 is 85.3 Å². The average Bonchev–Trinajstić information content (AvgIpc) is 0.737. The van der Waals surface area contributed by atoms with Gasteiger partial charge in [-0.3, -0.25) is 0 Å². The lowest BCUT2D eigenvalue weighted by atomic mass is 9.65. The first-order chi connectivity index (χ1) is 54.1. The maximum absolute atomic E-state index is 2.35. The molecule has 0 N–H and O–H groups in total. The van der Waals surface area contributed by atoms with Crippen molar-refractivity contribution in [1.82, 2.24) is 0 Å². The molecule has 0 bridgehead atoms. The van der Waals surface area contributed by atoms with E-state index in [0.717, 1.165) is 85.3 Å². The Morgan fingerprint density at radius 3 is 0.312 bits per heavy atom. The van der Waals surface area contributed by atoms with Crippen molar-refractivity contribution in [3.63, 3.8) is 0 Å². The fourth-order valence-electron chi connectivity index (χ4n) is 16.0. The van der Waals surface area contributed by atoms with Crippen LogP contribution in [0.15, 0.2) is 479 Å². The summed E-state index contributed by atoms with van der Waals surface area (Å²) in [4.78, 5) is 11.7. The zero-order chi connectivity index (χ0) is 73.0. The van der Waals surface area contributed by atoms with E-state index >= 15 is 0 Å². The van der Waals surface area contributed by atoms with Crippen molar-refractivity contribution in [2.45, 2.75) is 10.8 Å². The zero-order valence-electron chi connectivity index (χ0n) is 60.3. The molecule has 0 amide bonds. The molecule has 17 aromatic carbocycles. The number of anilines is 15. The molecule has 0 aliphatic rings. The van der Waals surface area contributed by atoms with Gasteiger partial charge < -0.3 is 24.5 Å². The van der Waals surface area contributed by atoms with Crippen molar-refractivity contribution in [1.29, 1.82) is 0 Å². The average molecular weight is 1400 g/mol. The summed E-state index contributed by atoms with van der Waals surface area (Å²) in [5.41, 5.74) is 24.1. The molecule has 5 nitrogen and oxygen atoms in total. The number of hydrogen-bond acceptors (Lipinski definition) is 5. The topological polar surface area (TPSA) is 16.2 Å². The Morgan fingerprint density at radius 2 is 0.183 bits per heavy atom. The number of para-hydroxylation sites is 5. The maximum atomic E-state index is 2.35. The van der Waals surface area contributed by atoms with Crippen LogP contribution in [0.4, 0.5) is 85.3 Å². The summed E-state index contributed by atoms with van der Waals surface area (Å²) < 4.78 is 0. The highest BCUT2D eigenvalue weighted by molar-refractivity contribution is 5.87. The molecule has 0 radical (unpaired) electrons. The molecular formula is C104H79N5. The molecule has 0 spiro atoms. The Hall–Kier alpha value is -14.3. The van der Waals surface area contributed by atoms with Crippen LogP contribution in [-0.4, -0.2) is 0 Å². The molecule has 520 valence electrons. The van der Waals surface area contributed by atoms with Gasteiger partial charge in [-0.25, -0.2) is 0 Å². The van der Waals surface area contributed by atoms with Crippen molar-refractivity contribution in [2.75, 3.05) is 24.5 Å². The molecule has 0 aromatic heterocycles. The molecule has 0 saturated carbocycles. The Morgan fingerprint density at radius 1 is 0.0917 bits per heavy atom. The van der Waals surface area contributed by atoms with E-state index in [9.17, 15) is 0 Å². The standard InChI is InChI=1S/C104H79N5/c1-12-34-80(35-13-1)103(81-36-14-2-15-37-81,82-38-16-3-17-39-82)86-56-60-93(61-57-86)105(88-46-24-7-25-47-88)95-64-68-97(69-65-95)107(90-50-28-9-29-51-90)99-72-76-101(77-73-99)109(92-54-32-11-33-55-92)102-78-74-100(75-79-102)108(91-52-30-10-31-53-91)98-70-66-96(67-71-98)106(89-48-26-8-27-49-89)94-62-58-87(59-63-94)104(83-40-18-4-19-41-83,84-42-20-5-21-43-84)85-44-22-6-23-45-85/h1-79H. The van der Waals surface area contributed by atoms with Crippen LogP contribution < -0.4 is 24.5 Å². The number of nitrogens with zero attached hydrogens (tertiary/aromatic N) is 5. The Labute approximate surface area is 640 Å². The quantitative estimate of drug-likeness (QED) is 0.0592. The molecule has 0 saturated heterocycles. The van der Waals surface area contributed by atoms with Crippen LogP contribution in [-0.2, 0) is 10.8 Å². The fraction of sp³-hybridized carbons (Fsp3) is 0.0192. The van der Waals surface area contributed by atoms with E-state index in [2.05, 4.69) is 504 Å². The second kappa shape index (κ2) is 31.2. The summed E-state index contributed by atoms with van der Waals surface area (Å²) in [5.74, 6) is 0. The summed E-state index contributed by atoms with van der Waals surface area (Å²) in [6.45, 7) is 0. The molecule has 5 heteroatoms. The van der Waals surface area contributed by atoms with Gasteiger partial charge >= 0.3 is 0 Å². The van der Waals surface area contributed by atoms with Gasteiger partial charge in [0.25, 0.3) is 0 Å². The van der Waals surface area contributed by atoms with Gasteiger partial charge in [-0.1, -0.05) is 297 Å². The van der Waals surface area contributed by atoms with Crippen molar-refractivity contribution < 1.29 is 0 Å². The second-order valence-electron chi connectivity index (χ2n) is 27.2. The van der Waals surface area contributed by atoms with Gasteiger partial charge in [0.2, 0.25) is 0 Å². The zero-order valence-corrected chi connectivity index (χ0v) is 60.3. The van der Waals surface area contributed by atoms with E-state index in [-0.39, 0.29) is 0 Å². The fourth-order valence-corrected chi connectivity index (χ4v) is 16.0. The molecule has 0 fully saturated rings. The van der Waals surface area contributed by atoms with Gasteiger partial charge in [-0.05, 0) is 226 Å². The van der Waals surface area contributed by atoms with Crippen LogP contribution in [0, 0.1) is 0 Å². The van der Waals surface area contributed by atoms with Crippen LogP contribution in [0.25, 0.3) is 0 Å². The Bertz CT molecular complexity index is 5160. The molecule has 17 aromatic rings. The summed E-state index contributed by atoms with van der Waals surface area (Å²) in [5, 5.41) is 0. The number of rotatable bonds is 23. The van der Waals surface area contributed by atoms with Crippen LogP contribution in [0.2, 0.25) is 0 Å².